The van der Waals surface area contributed by atoms with E-state index >= 15 is 0 Å². The molecule has 4 heterocycles. The van der Waals surface area contributed by atoms with Crippen LogP contribution in [0.5, 0.6) is 0 Å². The molecule has 2 aliphatic heterocycles. The predicted octanol–water partition coefficient (Wildman–Crippen LogP) is 17.2. The molecule has 0 bridgehead atoms. The SMILES string of the molecule is CC(C)(C)c1ccc(N(c2ccc3c(c2)N(c2ccccc2)c2cc(C(C)(C)C)cc4c2B3c2sc3c(c2N4c2ccccc2)CCC3)c2ccc(C(C)(C)C)cc2-c2cccc3oc4ccccc4c23)cc1. The van der Waals surface area contributed by atoms with Gasteiger partial charge in [-0.2, -0.15) is 11.3 Å². The van der Waals surface area contributed by atoms with E-state index in [1.165, 1.54) is 72.8 Å². The summed E-state index contributed by atoms with van der Waals surface area (Å²) in [6.45, 7) is 21.0. The summed E-state index contributed by atoms with van der Waals surface area (Å²) in [6.07, 6.45) is 3.46. The van der Waals surface area contributed by atoms with E-state index in [1.807, 2.05) is 0 Å². The van der Waals surface area contributed by atoms with Crippen molar-refractivity contribution < 1.29 is 4.42 Å². The van der Waals surface area contributed by atoms with E-state index in [0.29, 0.717) is 0 Å². The topological polar surface area (TPSA) is 22.9 Å². The van der Waals surface area contributed by atoms with Crippen LogP contribution in [-0.4, -0.2) is 6.71 Å². The average Bonchev–Trinajstić information content (AvgIpc) is 4.10. The van der Waals surface area contributed by atoms with E-state index in [1.54, 1.807) is 4.88 Å². The van der Waals surface area contributed by atoms with Gasteiger partial charge in [0.2, 0.25) is 0 Å². The van der Waals surface area contributed by atoms with Crippen LogP contribution >= 0.6 is 11.3 Å². The number of aryl methyl sites for hydroxylation is 1. The Labute approximate surface area is 435 Å². The van der Waals surface area contributed by atoms with Gasteiger partial charge in [0.05, 0.1) is 11.4 Å². The molecule has 3 aliphatic rings. The van der Waals surface area contributed by atoms with Crippen LogP contribution in [0.4, 0.5) is 51.2 Å². The minimum absolute atomic E-state index is 0.00203. The molecule has 0 saturated heterocycles. The number of hydrogen-bond donors (Lipinski definition) is 0. The van der Waals surface area contributed by atoms with Crippen molar-refractivity contribution in [1.82, 2.24) is 0 Å². The molecule has 13 rings (SSSR count). The molecule has 0 fully saturated rings. The van der Waals surface area contributed by atoms with Crippen LogP contribution in [0.15, 0.2) is 180 Å². The second-order valence-corrected chi connectivity index (χ2v) is 24.8. The molecule has 10 aromatic rings. The molecule has 2 aromatic heterocycles. The molecule has 6 heteroatoms. The molecule has 0 spiro atoms. The lowest BCUT2D eigenvalue weighted by atomic mass is 9.36. The first-order valence-corrected chi connectivity index (χ1v) is 27.1. The number of furan rings is 1. The number of thiophene rings is 1. The van der Waals surface area contributed by atoms with E-state index in [9.17, 15) is 0 Å². The molecule has 0 atom stereocenters. The zero-order valence-electron chi connectivity index (χ0n) is 43.6. The monoisotopic (exact) mass is 967 g/mol. The van der Waals surface area contributed by atoms with Gasteiger partial charge in [-0.3, -0.25) is 0 Å². The van der Waals surface area contributed by atoms with Crippen molar-refractivity contribution in [1.29, 1.82) is 0 Å². The third kappa shape index (κ3) is 7.38. The number of para-hydroxylation sites is 3. The number of nitrogens with zero attached hydrogens (tertiary/aromatic N) is 3. The first kappa shape index (κ1) is 45.6. The fourth-order valence-electron chi connectivity index (χ4n) is 12.0. The summed E-state index contributed by atoms with van der Waals surface area (Å²) in [5, 5.41) is 2.26. The normalized spacial score (nSPS) is 14.1. The van der Waals surface area contributed by atoms with Crippen LogP contribution in [0.3, 0.4) is 0 Å². The van der Waals surface area contributed by atoms with E-state index in [0.717, 1.165) is 68.7 Å². The van der Waals surface area contributed by atoms with Crippen LogP contribution in [0.25, 0.3) is 33.1 Å². The summed E-state index contributed by atoms with van der Waals surface area (Å²) in [4.78, 5) is 9.30. The van der Waals surface area contributed by atoms with Gasteiger partial charge in [0.1, 0.15) is 11.2 Å². The highest BCUT2D eigenvalue weighted by atomic mass is 32.1. The van der Waals surface area contributed by atoms with Gasteiger partial charge < -0.3 is 19.1 Å². The molecule has 8 aromatic carbocycles. The van der Waals surface area contributed by atoms with Gasteiger partial charge in [-0.05, 0) is 159 Å². The molecule has 0 N–H and O–H groups in total. The fraction of sp³-hybridized carbons (Fsp3) is 0.224. The highest BCUT2D eigenvalue weighted by Crippen LogP contribution is 2.52. The Bertz CT molecular complexity index is 3790. The maximum Gasteiger partial charge on any atom is 0.264 e. The van der Waals surface area contributed by atoms with E-state index in [-0.39, 0.29) is 23.0 Å². The lowest BCUT2D eigenvalue weighted by molar-refractivity contribution is 0.590. The molecule has 0 amide bonds. The number of hydrogen-bond acceptors (Lipinski definition) is 5. The predicted molar refractivity (Wildman–Crippen MR) is 314 cm³/mol. The highest BCUT2D eigenvalue weighted by Gasteiger charge is 2.47. The maximum atomic E-state index is 6.59. The van der Waals surface area contributed by atoms with Gasteiger partial charge >= 0.3 is 0 Å². The molecule has 73 heavy (non-hydrogen) atoms. The molecule has 1 aliphatic carbocycles. The third-order valence-corrected chi connectivity index (χ3v) is 17.2. The van der Waals surface area contributed by atoms with Gasteiger partial charge in [-0.25, -0.2) is 0 Å². The Morgan fingerprint density at radius 3 is 1.82 bits per heavy atom. The number of rotatable bonds is 6. The minimum Gasteiger partial charge on any atom is -0.456 e. The summed E-state index contributed by atoms with van der Waals surface area (Å²) in [5.41, 5.74) is 22.9. The van der Waals surface area contributed by atoms with Crippen LogP contribution < -0.4 is 30.4 Å². The summed E-state index contributed by atoms with van der Waals surface area (Å²) < 4.78 is 8.05. The van der Waals surface area contributed by atoms with Crippen molar-refractivity contribution in [3.63, 3.8) is 0 Å². The zero-order valence-corrected chi connectivity index (χ0v) is 44.4. The van der Waals surface area contributed by atoms with Gasteiger partial charge in [0.15, 0.2) is 0 Å². The van der Waals surface area contributed by atoms with E-state index < -0.39 is 0 Å². The van der Waals surface area contributed by atoms with E-state index in [2.05, 4.69) is 264 Å². The first-order chi connectivity index (χ1) is 35.1. The highest BCUT2D eigenvalue weighted by molar-refractivity contribution is 7.29. The second-order valence-electron chi connectivity index (χ2n) is 23.7. The van der Waals surface area contributed by atoms with Crippen LogP contribution in [0.2, 0.25) is 0 Å². The Morgan fingerprint density at radius 1 is 0.507 bits per heavy atom. The third-order valence-electron chi connectivity index (χ3n) is 15.8. The number of fused-ring (bicyclic) bond motifs is 9. The van der Waals surface area contributed by atoms with Crippen molar-refractivity contribution in [2.45, 2.75) is 97.8 Å². The average molecular weight is 968 g/mol. The van der Waals surface area contributed by atoms with Crippen LogP contribution in [0.1, 0.15) is 95.9 Å². The molecule has 0 saturated carbocycles. The zero-order chi connectivity index (χ0) is 50.1. The number of benzene rings is 8. The Kier molecular flexibility index (Phi) is 10.4. The Morgan fingerprint density at radius 2 is 1.12 bits per heavy atom. The van der Waals surface area contributed by atoms with Crippen LogP contribution in [0, 0.1) is 0 Å². The van der Waals surface area contributed by atoms with Gasteiger partial charge in [0.25, 0.3) is 6.71 Å². The first-order valence-electron chi connectivity index (χ1n) is 26.2. The molecule has 0 radical (unpaired) electrons. The summed E-state index contributed by atoms with van der Waals surface area (Å²) in [5.74, 6) is 0. The summed E-state index contributed by atoms with van der Waals surface area (Å²) in [7, 11) is 0. The molecule has 0 unspecified atom stereocenters. The summed E-state index contributed by atoms with van der Waals surface area (Å²) in [6, 6.07) is 66.2. The van der Waals surface area contributed by atoms with Crippen molar-refractivity contribution in [2.24, 2.45) is 0 Å². The largest absolute Gasteiger partial charge is 0.456 e. The molecule has 4 nitrogen and oxygen atoms in total. The molecular weight excluding hydrogens is 906 g/mol. The van der Waals surface area contributed by atoms with Gasteiger partial charge in [-0.1, -0.05) is 153 Å². The van der Waals surface area contributed by atoms with Crippen LogP contribution in [-0.2, 0) is 29.1 Å². The fourth-order valence-corrected chi connectivity index (χ4v) is 13.5. The van der Waals surface area contributed by atoms with Crippen molar-refractivity contribution in [3.05, 3.63) is 203 Å². The van der Waals surface area contributed by atoms with Crippen molar-refractivity contribution in [3.8, 4) is 11.1 Å². The standard InChI is InChI=1S/C67H62BN3OS/c1-65(2,3)42-30-33-47(34-31-42)69(54-37-32-43(66(4,5)6)38-52(54)49-25-18-28-59-61(49)50-24-16-17-27-58(50)72-59)48-35-36-53-55(41-48)70(45-20-12-10-13-21-45)56-39-44(67(7,8)9)40-57-62(56)68(53)64-63(51-26-19-29-60(51)73-64)71(57)46-22-14-11-15-23-46/h10-18,20-25,27-28,30-41H,19,26,29H2,1-9H3. The van der Waals surface area contributed by atoms with Gasteiger partial charge in [0, 0.05) is 65.8 Å². The smallest absolute Gasteiger partial charge is 0.264 e. The van der Waals surface area contributed by atoms with Crippen molar-refractivity contribution >= 4 is 107 Å². The number of anilines is 9. The Hall–Kier alpha value is -7.28. The second kappa shape index (κ2) is 16.6. The molecular formula is C67H62BN3OS. The summed E-state index contributed by atoms with van der Waals surface area (Å²) >= 11 is 2.07. The maximum absolute atomic E-state index is 6.59. The van der Waals surface area contributed by atoms with E-state index in [4.69, 9.17) is 4.42 Å². The quantitative estimate of drug-likeness (QED) is 0.155. The van der Waals surface area contributed by atoms with Crippen molar-refractivity contribution in [2.75, 3.05) is 14.7 Å². The lowest BCUT2D eigenvalue weighted by Crippen LogP contribution is -2.60. The van der Waals surface area contributed by atoms with Gasteiger partial charge in [-0.15, -0.1) is 0 Å². The molecule has 360 valence electrons. The minimum atomic E-state index is -0.112. The lowest BCUT2D eigenvalue weighted by Gasteiger charge is -2.44. The Balaban J connectivity index is 1.11.